The van der Waals surface area contributed by atoms with Crippen molar-refractivity contribution in [2.75, 3.05) is 19.8 Å². The van der Waals surface area contributed by atoms with Gasteiger partial charge in [-0.05, 0) is 56.9 Å². The fourth-order valence-electron chi connectivity index (χ4n) is 3.14. The fraction of sp³-hybridized carbons (Fsp3) is 1.00. The smallest absolute Gasteiger partial charge is 0.0497 e. The maximum absolute atomic E-state index is 5.69. The van der Waals surface area contributed by atoms with Crippen molar-refractivity contribution >= 4 is 0 Å². The van der Waals surface area contributed by atoms with Crippen LogP contribution in [0.5, 0.6) is 0 Å². The minimum Gasteiger partial charge on any atom is -0.381 e. The first kappa shape index (κ1) is 13.4. The molecule has 0 aromatic carbocycles. The van der Waals surface area contributed by atoms with Crippen molar-refractivity contribution < 1.29 is 4.74 Å². The zero-order chi connectivity index (χ0) is 12.1. The van der Waals surface area contributed by atoms with Gasteiger partial charge in [-0.25, -0.2) is 0 Å². The monoisotopic (exact) mass is 239 g/mol. The van der Waals surface area contributed by atoms with Crippen molar-refractivity contribution in [2.24, 2.45) is 17.8 Å². The number of ether oxygens (including phenoxy) is 1. The number of rotatable bonds is 7. The summed E-state index contributed by atoms with van der Waals surface area (Å²) in [5, 5.41) is 3.71. The Morgan fingerprint density at radius 3 is 2.53 bits per heavy atom. The zero-order valence-electron chi connectivity index (χ0n) is 11.6. The summed E-state index contributed by atoms with van der Waals surface area (Å²) in [6, 6.07) is 0.853. The van der Waals surface area contributed by atoms with Crippen LogP contribution in [0.15, 0.2) is 0 Å². The molecule has 0 amide bonds. The Morgan fingerprint density at radius 1 is 1.06 bits per heavy atom. The lowest BCUT2D eigenvalue weighted by Gasteiger charge is -2.36. The molecule has 2 fully saturated rings. The normalized spacial score (nSPS) is 33.9. The Balaban J connectivity index is 1.77. The first-order chi connectivity index (χ1) is 8.33. The lowest BCUT2D eigenvalue weighted by molar-refractivity contribution is 0.0500. The molecule has 2 rings (SSSR count). The Kier molecular flexibility index (Phi) is 5.30. The van der Waals surface area contributed by atoms with Crippen molar-refractivity contribution in [1.29, 1.82) is 0 Å². The molecule has 0 heterocycles. The van der Waals surface area contributed by atoms with Gasteiger partial charge in [0.05, 0.1) is 0 Å². The molecular weight excluding hydrogens is 210 g/mol. The van der Waals surface area contributed by atoms with E-state index in [-0.39, 0.29) is 0 Å². The van der Waals surface area contributed by atoms with E-state index in [2.05, 4.69) is 19.2 Å². The van der Waals surface area contributed by atoms with Gasteiger partial charge in [-0.2, -0.15) is 0 Å². The predicted molar refractivity (Wildman–Crippen MR) is 72.1 cm³/mol. The molecule has 0 aromatic heterocycles. The Labute approximate surface area is 107 Å². The summed E-state index contributed by atoms with van der Waals surface area (Å²) in [4.78, 5) is 0. The summed E-state index contributed by atoms with van der Waals surface area (Å²) in [5.41, 5.74) is 0. The van der Waals surface area contributed by atoms with E-state index in [4.69, 9.17) is 4.74 Å². The van der Waals surface area contributed by atoms with E-state index in [9.17, 15) is 0 Å². The topological polar surface area (TPSA) is 21.3 Å². The van der Waals surface area contributed by atoms with Crippen LogP contribution in [0, 0.1) is 17.8 Å². The highest BCUT2D eigenvalue weighted by molar-refractivity contribution is 4.86. The van der Waals surface area contributed by atoms with Gasteiger partial charge >= 0.3 is 0 Å². The molecule has 3 atom stereocenters. The highest BCUT2D eigenvalue weighted by Gasteiger charge is 2.31. The predicted octanol–water partition coefficient (Wildman–Crippen LogP) is 3.22. The molecule has 2 saturated carbocycles. The maximum Gasteiger partial charge on any atom is 0.0497 e. The molecule has 2 heteroatoms. The van der Waals surface area contributed by atoms with E-state index in [0.29, 0.717) is 0 Å². The molecule has 100 valence electrons. The van der Waals surface area contributed by atoms with E-state index in [0.717, 1.165) is 37.0 Å². The SMILES string of the molecule is CCOCC1CC(CC)CCC1CNC1CC1. The van der Waals surface area contributed by atoms with Crippen LogP contribution in [0.1, 0.15) is 52.4 Å². The van der Waals surface area contributed by atoms with Gasteiger partial charge in [0.25, 0.3) is 0 Å². The molecule has 3 unspecified atom stereocenters. The van der Waals surface area contributed by atoms with Crippen LogP contribution in [-0.4, -0.2) is 25.8 Å². The Morgan fingerprint density at radius 2 is 1.88 bits per heavy atom. The van der Waals surface area contributed by atoms with Gasteiger partial charge in [-0.15, -0.1) is 0 Å². The Hall–Kier alpha value is -0.0800. The summed E-state index contributed by atoms with van der Waals surface area (Å²) in [7, 11) is 0. The average molecular weight is 239 g/mol. The number of hydrogen-bond acceptors (Lipinski definition) is 2. The average Bonchev–Trinajstić information content (AvgIpc) is 3.18. The minimum atomic E-state index is 0.805. The maximum atomic E-state index is 5.69. The summed E-state index contributed by atoms with van der Waals surface area (Å²) in [6.45, 7) is 7.54. The van der Waals surface area contributed by atoms with E-state index in [1.807, 2.05) is 0 Å². The van der Waals surface area contributed by atoms with Crippen molar-refractivity contribution in [3.05, 3.63) is 0 Å². The third-order valence-corrected chi connectivity index (χ3v) is 4.61. The fourth-order valence-corrected chi connectivity index (χ4v) is 3.14. The molecule has 0 spiro atoms. The summed E-state index contributed by atoms with van der Waals surface area (Å²) < 4.78 is 5.69. The van der Waals surface area contributed by atoms with Crippen LogP contribution < -0.4 is 5.32 Å². The van der Waals surface area contributed by atoms with E-state index in [1.165, 1.54) is 45.1 Å². The van der Waals surface area contributed by atoms with E-state index < -0.39 is 0 Å². The third-order valence-electron chi connectivity index (χ3n) is 4.61. The standard InChI is InChI=1S/C15H29NO/c1-3-12-5-6-13(10-16-15-7-8-15)14(9-12)11-17-4-2/h12-16H,3-11H2,1-2H3. The van der Waals surface area contributed by atoms with E-state index >= 15 is 0 Å². The summed E-state index contributed by atoms with van der Waals surface area (Å²) >= 11 is 0. The van der Waals surface area contributed by atoms with Gasteiger partial charge in [0.15, 0.2) is 0 Å². The molecule has 2 aliphatic carbocycles. The lowest BCUT2D eigenvalue weighted by atomic mass is 9.73. The molecule has 0 aliphatic heterocycles. The van der Waals surface area contributed by atoms with Crippen LogP contribution in [0.25, 0.3) is 0 Å². The van der Waals surface area contributed by atoms with Gasteiger partial charge in [-0.3, -0.25) is 0 Å². The van der Waals surface area contributed by atoms with Crippen molar-refractivity contribution in [3.8, 4) is 0 Å². The molecule has 1 N–H and O–H groups in total. The molecular formula is C15H29NO. The second-order valence-corrected chi connectivity index (χ2v) is 5.95. The second-order valence-electron chi connectivity index (χ2n) is 5.95. The summed E-state index contributed by atoms with van der Waals surface area (Å²) in [5.74, 6) is 2.63. The first-order valence-corrected chi connectivity index (χ1v) is 7.64. The van der Waals surface area contributed by atoms with Crippen LogP contribution >= 0.6 is 0 Å². The van der Waals surface area contributed by atoms with Crippen LogP contribution in [0.3, 0.4) is 0 Å². The molecule has 0 radical (unpaired) electrons. The third kappa shape index (κ3) is 4.26. The molecule has 2 aliphatic rings. The summed E-state index contributed by atoms with van der Waals surface area (Å²) in [6.07, 6.45) is 8.41. The quantitative estimate of drug-likeness (QED) is 0.736. The van der Waals surface area contributed by atoms with Crippen molar-refractivity contribution in [2.45, 2.75) is 58.4 Å². The lowest BCUT2D eigenvalue weighted by Crippen LogP contribution is -2.36. The van der Waals surface area contributed by atoms with Gasteiger partial charge in [0.2, 0.25) is 0 Å². The van der Waals surface area contributed by atoms with Crippen LogP contribution in [0.4, 0.5) is 0 Å². The molecule has 0 saturated heterocycles. The molecule has 0 aromatic rings. The largest absolute Gasteiger partial charge is 0.381 e. The van der Waals surface area contributed by atoms with Gasteiger partial charge in [0, 0.05) is 19.3 Å². The minimum absolute atomic E-state index is 0.805. The van der Waals surface area contributed by atoms with E-state index in [1.54, 1.807) is 0 Å². The molecule has 17 heavy (non-hydrogen) atoms. The number of nitrogens with one attached hydrogen (secondary N) is 1. The second kappa shape index (κ2) is 6.75. The zero-order valence-corrected chi connectivity index (χ0v) is 11.6. The van der Waals surface area contributed by atoms with Gasteiger partial charge < -0.3 is 10.1 Å². The van der Waals surface area contributed by atoms with Gasteiger partial charge in [-0.1, -0.05) is 19.8 Å². The first-order valence-electron chi connectivity index (χ1n) is 7.64. The van der Waals surface area contributed by atoms with Crippen LogP contribution in [-0.2, 0) is 4.74 Å². The Bertz CT molecular complexity index is 215. The van der Waals surface area contributed by atoms with Gasteiger partial charge in [0.1, 0.15) is 0 Å². The number of hydrogen-bond donors (Lipinski definition) is 1. The van der Waals surface area contributed by atoms with Crippen LogP contribution in [0.2, 0.25) is 0 Å². The molecule has 0 bridgehead atoms. The van der Waals surface area contributed by atoms with Crippen molar-refractivity contribution in [1.82, 2.24) is 5.32 Å². The molecule has 2 nitrogen and oxygen atoms in total. The highest BCUT2D eigenvalue weighted by atomic mass is 16.5. The van der Waals surface area contributed by atoms with Crippen molar-refractivity contribution in [3.63, 3.8) is 0 Å². The highest BCUT2D eigenvalue weighted by Crippen LogP contribution is 2.36.